The van der Waals surface area contributed by atoms with Gasteiger partial charge in [-0.25, -0.2) is 9.79 Å². The molecule has 2 aromatic carbocycles. The fourth-order valence-corrected chi connectivity index (χ4v) is 5.02. The van der Waals surface area contributed by atoms with Crippen LogP contribution in [-0.4, -0.2) is 17.8 Å². The minimum atomic E-state index is -0.504. The lowest BCUT2D eigenvalue weighted by molar-refractivity contribution is -0.134. The number of cyclic esters (lactones) is 1. The van der Waals surface area contributed by atoms with Gasteiger partial charge in [0, 0.05) is 20.0 Å². The molecule has 0 unspecified atom stereocenters. The maximum absolute atomic E-state index is 12.2. The zero-order valence-electron chi connectivity index (χ0n) is 14.3. The Balaban J connectivity index is 1.92. The third-order valence-corrected chi connectivity index (χ3v) is 7.56. The molecule has 1 aliphatic heterocycles. The summed E-state index contributed by atoms with van der Waals surface area (Å²) in [5.41, 5.74) is 1.70. The molecule has 144 valence electrons. The predicted octanol–water partition coefficient (Wildman–Crippen LogP) is 5.92. The molecule has 2 aromatic rings. The third kappa shape index (κ3) is 5.14. The third-order valence-electron chi connectivity index (χ3n) is 3.62. The van der Waals surface area contributed by atoms with Crippen LogP contribution in [0.2, 0.25) is 0 Å². The van der Waals surface area contributed by atoms with Crippen LogP contribution in [0.3, 0.4) is 0 Å². The van der Waals surface area contributed by atoms with Crippen molar-refractivity contribution < 1.29 is 19.1 Å². The number of ether oxygens (including phenoxy) is 2. The molecule has 0 saturated heterocycles. The number of carbonyl (C=O) groups is 2. The minimum absolute atomic E-state index is 0.217. The van der Waals surface area contributed by atoms with Gasteiger partial charge < -0.3 is 9.47 Å². The lowest BCUT2D eigenvalue weighted by Crippen LogP contribution is -2.08. The number of rotatable bonds is 4. The monoisotopic (exact) mass is 777 g/mol. The van der Waals surface area contributed by atoms with E-state index in [2.05, 4.69) is 88.7 Å². The van der Waals surface area contributed by atoms with Crippen LogP contribution in [0.1, 0.15) is 24.5 Å². The summed E-state index contributed by atoms with van der Waals surface area (Å²) >= 11 is 9.88. The summed E-state index contributed by atoms with van der Waals surface area (Å²) in [6, 6.07) is 9.29. The molecule has 0 N–H and O–H groups in total. The Labute approximate surface area is 210 Å². The molecule has 0 amide bonds. The second kappa shape index (κ2) is 9.51. The van der Waals surface area contributed by atoms with E-state index in [4.69, 9.17) is 9.47 Å². The molecule has 0 aliphatic carbocycles. The molecular weight excluding hydrogens is 767 g/mol. The molecule has 28 heavy (non-hydrogen) atoms. The molecular formula is C19H11BrI3NO4. The second-order valence-corrected chi connectivity index (χ2v) is 9.95. The van der Waals surface area contributed by atoms with Gasteiger partial charge >= 0.3 is 11.9 Å². The first-order valence-electron chi connectivity index (χ1n) is 7.96. The highest BCUT2D eigenvalue weighted by molar-refractivity contribution is 14.1. The quantitative estimate of drug-likeness (QED) is 0.168. The van der Waals surface area contributed by atoms with Gasteiger partial charge in [0.05, 0.1) is 7.14 Å². The average molecular weight is 778 g/mol. The van der Waals surface area contributed by atoms with Crippen molar-refractivity contribution in [2.45, 2.75) is 13.3 Å². The van der Waals surface area contributed by atoms with Crippen molar-refractivity contribution >= 4 is 108 Å². The van der Waals surface area contributed by atoms with E-state index in [-0.39, 0.29) is 17.6 Å². The fourth-order valence-electron chi connectivity index (χ4n) is 2.27. The first-order valence-corrected chi connectivity index (χ1v) is 12.0. The summed E-state index contributed by atoms with van der Waals surface area (Å²) in [5, 5.41) is 0. The number of hydrogen-bond donors (Lipinski definition) is 0. The number of benzene rings is 2. The zero-order chi connectivity index (χ0) is 20.4. The topological polar surface area (TPSA) is 65.0 Å². The van der Waals surface area contributed by atoms with Crippen molar-refractivity contribution in [3.05, 3.63) is 62.3 Å². The second-order valence-electron chi connectivity index (χ2n) is 5.61. The number of aliphatic imine (C=N–C) groups is 1. The van der Waals surface area contributed by atoms with Crippen molar-refractivity contribution in [1.82, 2.24) is 0 Å². The van der Waals surface area contributed by atoms with Gasteiger partial charge in [0.15, 0.2) is 11.4 Å². The van der Waals surface area contributed by atoms with Crippen LogP contribution in [0.25, 0.3) is 6.08 Å². The van der Waals surface area contributed by atoms with E-state index in [1.807, 2.05) is 30.3 Å². The standard InChI is InChI=1S/C19H11BrI3NO4/c1-2-16(25)27-17-13(22)5-9(6-14(17)23)7-15-19(26)28-18(24-15)10-3-4-12(21)11(20)8-10/h3-8H,2H2,1H3/b15-7-. The molecule has 1 aliphatic rings. The first kappa shape index (κ1) is 22.2. The Morgan fingerprint density at radius 3 is 2.46 bits per heavy atom. The fraction of sp³-hybridized carbons (Fsp3) is 0.105. The van der Waals surface area contributed by atoms with Gasteiger partial charge in [-0.15, -0.1) is 0 Å². The molecule has 0 spiro atoms. The lowest BCUT2D eigenvalue weighted by atomic mass is 10.2. The lowest BCUT2D eigenvalue weighted by Gasteiger charge is -2.09. The van der Waals surface area contributed by atoms with E-state index in [1.54, 1.807) is 13.0 Å². The number of nitrogens with zero attached hydrogens (tertiary/aromatic N) is 1. The molecule has 3 rings (SSSR count). The number of esters is 2. The Hall–Kier alpha value is -0.540. The van der Waals surface area contributed by atoms with Crippen LogP contribution < -0.4 is 4.74 Å². The van der Waals surface area contributed by atoms with E-state index in [1.165, 1.54) is 0 Å². The van der Waals surface area contributed by atoms with E-state index >= 15 is 0 Å². The van der Waals surface area contributed by atoms with Crippen LogP contribution in [0.5, 0.6) is 5.75 Å². The molecule has 0 bridgehead atoms. The van der Waals surface area contributed by atoms with Crippen molar-refractivity contribution in [3.8, 4) is 5.75 Å². The van der Waals surface area contributed by atoms with Gasteiger partial charge in [0.25, 0.3) is 0 Å². The molecule has 0 radical (unpaired) electrons. The Bertz CT molecular complexity index is 1030. The van der Waals surface area contributed by atoms with E-state index in [9.17, 15) is 9.59 Å². The minimum Gasteiger partial charge on any atom is -0.424 e. The Kier molecular flexibility index (Phi) is 7.53. The van der Waals surface area contributed by atoms with Crippen molar-refractivity contribution in [1.29, 1.82) is 0 Å². The summed E-state index contributed by atoms with van der Waals surface area (Å²) in [7, 11) is 0. The van der Waals surface area contributed by atoms with Crippen LogP contribution >= 0.6 is 83.7 Å². The van der Waals surface area contributed by atoms with Crippen molar-refractivity contribution in [2.24, 2.45) is 4.99 Å². The summed E-state index contributed by atoms with van der Waals surface area (Å²) in [6.07, 6.45) is 1.96. The zero-order valence-corrected chi connectivity index (χ0v) is 22.3. The van der Waals surface area contributed by atoms with Gasteiger partial charge in [0.2, 0.25) is 5.90 Å². The molecule has 0 saturated carbocycles. The molecule has 0 aromatic heterocycles. The highest BCUT2D eigenvalue weighted by Crippen LogP contribution is 2.31. The van der Waals surface area contributed by atoms with Gasteiger partial charge in [-0.3, -0.25) is 4.79 Å². The average Bonchev–Trinajstić information content (AvgIpc) is 3.00. The summed E-state index contributed by atoms with van der Waals surface area (Å²) in [4.78, 5) is 28.2. The number of hydrogen-bond acceptors (Lipinski definition) is 5. The normalized spacial score (nSPS) is 14.8. The van der Waals surface area contributed by atoms with Crippen LogP contribution in [0, 0.1) is 10.7 Å². The van der Waals surface area contributed by atoms with Crippen molar-refractivity contribution in [2.75, 3.05) is 0 Å². The molecule has 5 nitrogen and oxygen atoms in total. The summed E-state index contributed by atoms with van der Waals surface area (Å²) < 4.78 is 14.2. The predicted molar refractivity (Wildman–Crippen MR) is 135 cm³/mol. The number of halogens is 4. The van der Waals surface area contributed by atoms with Gasteiger partial charge in [-0.1, -0.05) is 6.92 Å². The van der Waals surface area contributed by atoms with Crippen LogP contribution in [0.15, 0.2) is 45.5 Å². The largest absolute Gasteiger partial charge is 0.424 e. The maximum Gasteiger partial charge on any atom is 0.363 e. The van der Waals surface area contributed by atoms with E-state index in [0.29, 0.717) is 12.2 Å². The molecule has 0 fully saturated rings. The Morgan fingerprint density at radius 1 is 1.18 bits per heavy atom. The van der Waals surface area contributed by atoms with Gasteiger partial charge in [0.1, 0.15) is 0 Å². The highest BCUT2D eigenvalue weighted by atomic mass is 127. The highest BCUT2D eigenvalue weighted by Gasteiger charge is 2.25. The molecule has 1 heterocycles. The van der Waals surface area contributed by atoms with Gasteiger partial charge in [-0.2, -0.15) is 0 Å². The Morgan fingerprint density at radius 2 is 1.86 bits per heavy atom. The van der Waals surface area contributed by atoms with E-state index < -0.39 is 5.97 Å². The maximum atomic E-state index is 12.2. The summed E-state index contributed by atoms with van der Waals surface area (Å²) in [6.45, 7) is 1.74. The van der Waals surface area contributed by atoms with E-state index in [0.717, 1.165) is 26.3 Å². The summed E-state index contributed by atoms with van der Waals surface area (Å²) in [5.74, 6) is -0.00113. The first-order chi connectivity index (χ1) is 13.3. The molecule has 0 atom stereocenters. The number of carbonyl (C=O) groups excluding carboxylic acids is 2. The van der Waals surface area contributed by atoms with Gasteiger partial charge in [-0.05, 0) is 126 Å². The smallest absolute Gasteiger partial charge is 0.363 e. The van der Waals surface area contributed by atoms with Crippen LogP contribution in [0.4, 0.5) is 0 Å². The van der Waals surface area contributed by atoms with Crippen molar-refractivity contribution in [3.63, 3.8) is 0 Å². The van der Waals surface area contributed by atoms with Crippen LogP contribution in [-0.2, 0) is 14.3 Å². The SMILES string of the molecule is CCC(=O)Oc1c(I)cc(/C=C2\N=C(c3ccc(I)c(Br)c3)OC2=O)cc1I. The molecule has 9 heteroatoms.